The van der Waals surface area contributed by atoms with Crippen LogP contribution in [0.15, 0.2) is 60.7 Å². The molecule has 4 heteroatoms. The van der Waals surface area contributed by atoms with Crippen molar-refractivity contribution in [2.75, 3.05) is 20.1 Å². The lowest BCUT2D eigenvalue weighted by Gasteiger charge is -2.17. The lowest BCUT2D eigenvalue weighted by Crippen LogP contribution is -2.36. The summed E-state index contributed by atoms with van der Waals surface area (Å²) in [6.45, 7) is 0.884. The van der Waals surface area contributed by atoms with Crippen molar-refractivity contribution in [3.8, 4) is 0 Å². The molecule has 0 unspecified atom stereocenters. The van der Waals surface area contributed by atoms with Gasteiger partial charge in [0.25, 0.3) is 11.8 Å². The summed E-state index contributed by atoms with van der Waals surface area (Å²) in [5, 5.41) is 2.80. The van der Waals surface area contributed by atoms with Crippen LogP contribution in [0, 0.1) is 0 Å². The summed E-state index contributed by atoms with van der Waals surface area (Å²) in [7, 11) is 1.73. The summed E-state index contributed by atoms with van der Waals surface area (Å²) < 4.78 is 0. The molecule has 2 aromatic carbocycles. The molecule has 108 valence electrons. The van der Waals surface area contributed by atoms with Gasteiger partial charge in [-0.05, 0) is 24.3 Å². The van der Waals surface area contributed by atoms with Gasteiger partial charge in [-0.15, -0.1) is 0 Å². The van der Waals surface area contributed by atoms with Crippen LogP contribution in [0.5, 0.6) is 0 Å². The van der Waals surface area contributed by atoms with Gasteiger partial charge in [0.15, 0.2) is 0 Å². The molecule has 0 atom stereocenters. The molecule has 0 radical (unpaired) electrons. The predicted molar refractivity (Wildman–Crippen MR) is 82.2 cm³/mol. The van der Waals surface area contributed by atoms with Crippen LogP contribution in [0.3, 0.4) is 0 Å². The first kappa shape index (κ1) is 14.8. The Kier molecular flexibility index (Phi) is 5.10. The van der Waals surface area contributed by atoms with Crippen molar-refractivity contribution >= 4 is 11.8 Å². The highest BCUT2D eigenvalue weighted by molar-refractivity contribution is 5.95. The highest BCUT2D eigenvalue weighted by Gasteiger charge is 2.11. The quantitative estimate of drug-likeness (QED) is 0.914. The number of carbonyl (C=O) groups excluding carboxylic acids is 2. The molecular formula is C17H18N2O2. The van der Waals surface area contributed by atoms with Gasteiger partial charge in [0.2, 0.25) is 0 Å². The van der Waals surface area contributed by atoms with Crippen LogP contribution >= 0.6 is 0 Å². The fourth-order valence-corrected chi connectivity index (χ4v) is 1.93. The molecule has 0 saturated heterocycles. The maximum Gasteiger partial charge on any atom is 0.253 e. The minimum atomic E-state index is -0.129. The number of amides is 2. The van der Waals surface area contributed by atoms with Gasteiger partial charge in [0.1, 0.15) is 0 Å². The van der Waals surface area contributed by atoms with Crippen LogP contribution < -0.4 is 5.32 Å². The summed E-state index contributed by atoms with van der Waals surface area (Å²) in [4.78, 5) is 25.6. The molecule has 0 aliphatic rings. The van der Waals surface area contributed by atoms with Gasteiger partial charge in [-0.3, -0.25) is 9.59 Å². The van der Waals surface area contributed by atoms with Gasteiger partial charge >= 0.3 is 0 Å². The Labute approximate surface area is 124 Å². The van der Waals surface area contributed by atoms with E-state index in [1.54, 1.807) is 36.2 Å². The van der Waals surface area contributed by atoms with Gasteiger partial charge in [-0.1, -0.05) is 36.4 Å². The van der Waals surface area contributed by atoms with Crippen LogP contribution in [0.2, 0.25) is 0 Å². The molecule has 0 fully saturated rings. The van der Waals surface area contributed by atoms with Gasteiger partial charge < -0.3 is 10.2 Å². The summed E-state index contributed by atoms with van der Waals surface area (Å²) in [6.07, 6.45) is 0. The van der Waals surface area contributed by atoms with Crippen LogP contribution in [0.25, 0.3) is 0 Å². The van der Waals surface area contributed by atoms with Gasteiger partial charge in [0.05, 0.1) is 0 Å². The lowest BCUT2D eigenvalue weighted by molar-refractivity contribution is 0.0787. The maximum absolute atomic E-state index is 12.1. The fourth-order valence-electron chi connectivity index (χ4n) is 1.93. The van der Waals surface area contributed by atoms with Gasteiger partial charge in [-0.25, -0.2) is 0 Å². The number of benzene rings is 2. The van der Waals surface area contributed by atoms with E-state index in [-0.39, 0.29) is 11.8 Å². The smallest absolute Gasteiger partial charge is 0.253 e. The number of rotatable bonds is 5. The van der Waals surface area contributed by atoms with Crippen molar-refractivity contribution in [1.29, 1.82) is 0 Å². The topological polar surface area (TPSA) is 49.4 Å². The maximum atomic E-state index is 12.1. The van der Waals surface area contributed by atoms with E-state index in [4.69, 9.17) is 0 Å². The number of nitrogens with one attached hydrogen (secondary N) is 1. The highest BCUT2D eigenvalue weighted by atomic mass is 16.2. The second-order valence-electron chi connectivity index (χ2n) is 4.71. The molecule has 0 heterocycles. The lowest BCUT2D eigenvalue weighted by atomic mass is 10.2. The van der Waals surface area contributed by atoms with Crippen molar-refractivity contribution in [2.45, 2.75) is 0 Å². The fraction of sp³-hybridized carbons (Fsp3) is 0.176. The highest BCUT2D eigenvalue weighted by Crippen LogP contribution is 2.02. The average molecular weight is 282 g/mol. The minimum absolute atomic E-state index is 0.0513. The standard InChI is InChI=1S/C17H18N2O2/c1-19(17(21)15-10-6-3-7-11-15)13-12-18-16(20)14-8-4-2-5-9-14/h2-11H,12-13H2,1H3,(H,18,20). The van der Waals surface area contributed by atoms with E-state index in [2.05, 4.69) is 5.32 Å². The second kappa shape index (κ2) is 7.24. The second-order valence-corrected chi connectivity index (χ2v) is 4.71. The first-order valence-corrected chi connectivity index (χ1v) is 6.82. The molecule has 2 rings (SSSR count). The Morgan fingerprint density at radius 2 is 1.43 bits per heavy atom. The zero-order valence-corrected chi connectivity index (χ0v) is 12.0. The molecule has 2 amide bonds. The number of hydrogen-bond acceptors (Lipinski definition) is 2. The SMILES string of the molecule is CN(CCNC(=O)c1ccccc1)C(=O)c1ccccc1. The Morgan fingerprint density at radius 1 is 0.905 bits per heavy atom. The van der Waals surface area contributed by atoms with Crippen LogP contribution in [-0.2, 0) is 0 Å². The first-order valence-electron chi connectivity index (χ1n) is 6.82. The molecule has 2 aromatic rings. The van der Waals surface area contributed by atoms with Gasteiger partial charge in [-0.2, -0.15) is 0 Å². The van der Waals surface area contributed by atoms with E-state index < -0.39 is 0 Å². The summed E-state index contributed by atoms with van der Waals surface area (Å²) >= 11 is 0. The third kappa shape index (κ3) is 4.18. The largest absolute Gasteiger partial charge is 0.350 e. The molecule has 21 heavy (non-hydrogen) atoms. The van der Waals surface area contributed by atoms with E-state index in [1.165, 1.54) is 0 Å². The molecule has 0 spiro atoms. The van der Waals surface area contributed by atoms with Crippen LogP contribution in [0.1, 0.15) is 20.7 Å². The molecular weight excluding hydrogens is 264 g/mol. The Balaban J connectivity index is 1.81. The zero-order chi connectivity index (χ0) is 15.1. The number of carbonyl (C=O) groups is 2. The monoisotopic (exact) mass is 282 g/mol. The molecule has 0 aliphatic heterocycles. The number of nitrogens with zero attached hydrogens (tertiary/aromatic N) is 1. The number of hydrogen-bond donors (Lipinski definition) is 1. The summed E-state index contributed by atoms with van der Waals surface area (Å²) in [5.74, 6) is -0.180. The summed E-state index contributed by atoms with van der Waals surface area (Å²) in [5.41, 5.74) is 1.27. The van der Waals surface area contributed by atoms with Crippen molar-refractivity contribution in [2.24, 2.45) is 0 Å². The van der Waals surface area contributed by atoms with Crippen molar-refractivity contribution in [3.63, 3.8) is 0 Å². The van der Waals surface area contributed by atoms with E-state index in [9.17, 15) is 9.59 Å². The molecule has 0 saturated carbocycles. The first-order chi connectivity index (χ1) is 10.2. The van der Waals surface area contributed by atoms with Crippen molar-refractivity contribution in [1.82, 2.24) is 10.2 Å². The van der Waals surface area contributed by atoms with Crippen LogP contribution in [-0.4, -0.2) is 36.9 Å². The zero-order valence-electron chi connectivity index (χ0n) is 12.0. The van der Waals surface area contributed by atoms with E-state index in [0.717, 1.165) is 0 Å². The number of likely N-dealkylation sites (N-methyl/N-ethyl adjacent to an activating group) is 1. The molecule has 1 N–H and O–H groups in total. The molecule has 4 nitrogen and oxygen atoms in total. The van der Waals surface area contributed by atoms with Crippen molar-refractivity contribution < 1.29 is 9.59 Å². The van der Waals surface area contributed by atoms with Crippen molar-refractivity contribution in [3.05, 3.63) is 71.8 Å². The predicted octanol–water partition coefficient (Wildman–Crippen LogP) is 2.19. The molecule has 0 aliphatic carbocycles. The normalized spacial score (nSPS) is 9.95. The third-order valence-electron chi connectivity index (χ3n) is 3.14. The van der Waals surface area contributed by atoms with E-state index >= 15 is 0 Å². The molecule has 0 aromatic heterocycles. The van der Waals surface area contributed by atoms with Gasteiger partial charge in [0, 0.05) is 31.3 Å². The minimum Gasteiger partial charge on any atom is -0.350 e. The van der Waals surface area contributed by atoms with E-state index in [0.29, 0.717) is 24.2 Å². The third-order valence-corrected chi connectivity index (χ3v) is 3.14. The Morgan fingerprint density at radius 3 is 2.00 bits per heavy atom. The molecule has 0 bridgehead atoms. The Bertz CT molecular complexity index is 597. The Hall–Kier alpha value is -2.62. The van der Waals surface area contributed by atoms with E-state index in [1.807, 2.05) is 36.4 Å². The van der Waals surface area contributed by atoms with Crippen LogP contribution in [0.4, 0.5) is 0 Å². The summed E-state index contributed by atoms with van der Waals surface area (Å²) in [6, 6.07) is 18.1. The average Bonchev–Trinajstić information content (AvgIpc) is 2.55.